The summed E-state index contributed by atoms with van der Waals surface area (Å²) in [7, 11) is -1.85. The predicted octanol–water partition coefficient (Wildman–Crippen LogP) is 3.60. The largest absolute Gasteiger partial charge is 0.297 e. The lowest BCUT2D eigenvalue weighted by atomic mass is 10.4. The topological polar surface area (TPSA) is 17.1 Å². The maximum Gasteiger partial charge on any atom is 0.177 e. The van der Waals surface area contributed by atoms with E-state index in [2.05, 4.69) is 0 Å². The van der Waals surface area contributed by atoms with E-state index in [4.69, 9.17) is 0 Å². The normalized spacial score (nSPS) is 12.3. The lowest BCUT2D eigenvalue weighted by Gasteiger charge is -2.14. The highest BCUT2D eigenvalue weighted by molar-refractivity contribution is 7.30. The van der Waals surface area contributed by atoms with Crippen LogP contribution in [0.2, 0.25) is 19.6 Å². The van der Waals surface area contributed by atoms with Gasteiger partial charge in [0, 0.05) is 5.19 Å². The molecule has 16 heavy (non-hydrogen) atoms. The first-order chi connectivity index (χ1) is 7.36. The summed E-state index contributed by atoms with van der Waals surface area (Å²) in [6, 6.07) is 0. The minimum atomic E-state index is -1.85. The van der Waals surface area contributed by atoms with Gasteiger partial charge in [-0.25, -0.2) is 4.39 Å². The molecule has 0 saturated heterocycles. The Morgan fingerprint density at radius 3 is 2.25 bits per heavy atom. The summed E-state index contributed by atoms with van der Waals surface area (Å²) in [6.07, 6.45) is 0.499. The molecule has 6 heteroatoms. The summed E-state index contributed by atoms with van der Waals surface area (Å²) < 4.78 is 28.3. The van der Waals surface area contributed by atoms with E-state index in [1.54, 1.807) is 0 Å². The van der Waals surface area contributed by atoms with Gasteiger partial charge < -0.3 is 0 Å². The Bertz CT molecular complexity index is 565. The van der Waals surface area contributed by atoms with Crippen molar-refractivity contribution in [1.29, 1.82) is 0 Å². The quantitative estimate of drug-likeness (QED) is 0.605. The molecule has 2 aromatic heterocycles. The molecule has 0 unspecified atom stereocenters. The third-order valence-electron chi connectivity index (χ3n) is 2.31. The zero-order valence-corrected chi connectivity index (χ0v) is 11.7. The molecule has 0 aliphatic heterocycles. The van der Waals surface area contributed by atoms with E-state index in [1.807, 2.05) is 19.6 Å². The van der Waals surface area contributed by atoms with Gasteiger partial charge in [-0.05, 0) is 0 Å². The molecule has 0 amide bonds. The van der Waals surface area contributed by atoms with Gasteiger partial charge in [-0.2, -0.15) is 4.39 Å². The van der Waals surface area contributed by atoms with E-state index < -0.39 is 13.9 Å². The number of halogens is 2. The van der Waals surface area contributed by atoms with Gasteiger partial charge in [-0.1, -0.05) is 19.6 Å². The molecule has 0 atom stereocenters. The van der Waals surface area contributed by atoms with E-state index in [-0.39, 0.29) is 10.0 Å². The SMILES string of the molecule is C[Si](C)(C)c1c(F)sc2c(F)c(C=O)sc12. The average Bonchev–Trinajstić information content (AvgIpc) is 2.61. The number of rotatable bonds is 2. The van der Waals surface area contributed by atoms with Gasteiger partial charge >= 0.3 is 0 Å². The molecular formula is C10H10F2OS2Si. The van der Waals surface area contributed by atoms with Crippen LogP contribution in [0.15, 0.2) is 0 Å². The van der Waals surface area contributed by atoms with Crippen molar-refractivity contribution in [3.63, 3.8) is 0 Å². The van der Waals surface area contributed by atoms with Crippen LogP contribution in [0.5, 0.6) is 0 Å². The third kappa shape index (κ3) is 1.65. The number of hydrogen-bond donors (Lipinski definition) is 0. The van der Waals surface area contributed by atoms with Gasteiger partial charge in [0.1, 0.15) is 4.88 Å². The number of aldehydes is 1. The fraction of sp³-hybridized carbons (Fsp3) is 0.300. The van der Waals surface area contributed by atoms with Gasteiger partial charge in [0.05, 0.1) is 17.5 Å². The van der Waals surface area contributed by atoms with Crippen molar-refractivity contribution < 1.29 is 13.6 Å². The Kier molecular flexibility index (Phi) is 2.76. The van der Waals surface area contributed by atoms with E-state index in [0.29, 0.717) is 20.9 Å². The number of thiophene rings is 2. The third-order valence-corrected chi connectivity index (χ3v) is 6.85. The summed E-state index contributed by atoms with van der Waals surface area (Å²) in [5.74, 6) is -0.566. The molecule has 0 saturated carbocycles. The van der Waals surface area contributed by atoms with Crippen LogP contribution in [0.1, 0.15) is 9.67 Å². The number of carbonyl (C=O) groups excluding carboxylic acids is 1. The highest BCUT2D eigenvalue weighted by Crippen LogP contribution is 2.35. The van der Waals surface area contributed by atoms with E-state index in [9.17, 15) is 13.6 Å². The Morgan fingerprint density at radius 1 is 1.12 bits per heavy atom. The molecule has 1 nitrogen and oxygen atoms in total. The molecule has 0 spiro atoms. The first-order valence-electron chi connectivity index (χ1n) is 4.72. The van der Waals surface area contributed by atoms with Gasteiger partial charge in [0.2, 0.25) is 0 Å². The molecular weight excluding hydrogens is 266 g/mol. The van der Waals surface area contributed by atoms with Crippen molar-refractivity contribution in [3.05, 3.63) is 15.8 Å². The van der Waals surface area contributed by atoms with Gasteiger partial charge in [-0.15, -0.1) is 22.7 Å². The summed E-state index contributed by atoms with van der Waals surface area (Å²) in [6.45, 7) is 6.03. The maximum absolute atomic E-state index is 13.8. The highest BCUT2D eigenvalue weighted by Gasteiger charge is 2.29. The van der Waals surface area contributed by atoms with Crippen molar-refractivity contribution >= 4 is 51.6 Å². The number of carbonyl (C=O) groups is 1. The number of hydrogen-bond acceptors (Lipinski definition) is 3. The van der Waals surface area contributed by atoms with Crippen molar-refractivity contribution in [2.75, 3.05) is 0 Å². The minimum Gasteiger partial charge on any atom is -0.297 e. The monoisotopic (exact) mass is 276 g/mol. The summed E-state index contributed by atoms with van der Waals surface area (Å²) in [4.78, 5) is 10.7. The van der Waals surface area contributed by atoms with E-state index in [0.717, 1.165) is 22.7 Å². The Hall–Kier alpha value is -0.593. The van der Waals surface area contributed by atoms with E-state index in [1.165, 1.54) is 0 Å². The Balaban J connectivity index is 2.84. The van der Waals surface area contributed by atoms with Gasteiger partial charge in [0.25, 0.3) is 0 Å². The lowest BCUT2D eigenvalue weighted by Crippen LogP contribution is -2.38. The minimum absolute atomic E-state index is 0.0701. The molecule has 0 bridgehead atoms. The second kappa shape index (κ2) is 3.71. The molecule has 2 rings (SSSR count). The summed E-state index contributed by atoms with van der Waals surface area (Å²) in [5, 5.41) is 0.348. The van der Waals surface area contributed by atoms with Crippen LogP contribution in [-0.4, -0.2) is 14.4 Å². The molecule has 2 aromatic rings. The van der Waals surface area contributed by atoms with Crippen LogP contribution in [-0.2, 0) is 0 Å². The molecule has 2 heterocycles. The van der Waals surface area contributed by atoms with Gasteiger partial charge in [0.15, 0.2) is 17.2 Å². The first kappa shape index (κ1) is 11.9. The smallest absolute Gasteiger partial charge is 0.177 e. The lowest BCUT2D eigenvalue weighted by molar-refractivity contribution is 0.112. The van der Waals surface area contributed by atoms with Crippen LogP contribution >= 0.6 is 22.7 Å². The van der Waals surface area contributed by atoms with Crippen LogP contribution < -0.4 is 5.19 Å². The summed E-state index contributed by atoms with van der Waals surface area (Å²) in [5.41, 5.74) is 0. The van der Waals surface area contributed by atoms with Crippen LogP contribution in [0.4, 0.5) is 8.78 Å². The van der Waals surface area contributed by atoms with Crippen molar-refractivity contribution in [1.82, 2.24) is 0 Å². The van der Waals surface area contributed by atoms with E-state index >= 15 is 0 Å². The molecule has 0 aromatic carbocycles. The molecule has 86 valence electrons. The Labute approximate surface area is 101 Å². The second-order valence-corrected chi connectivity index (χ2v) is 11.6. The zero-order valence-electron chi connectivity index (χ0n) is 9.06. The van der Waals surface area contributed by atoms with Crippen LogP contribution in [0.25, 0.3) is 9.40 Å². The average molecular weight is 276 g/mol. The first-order valence-corrected chi connectivity index (χ1v) is 9.85. The molecule has 0 N–H and O–H groups in total. The molecule has 0 aliphatic rings. The van der Waals surface area contributed by atoms with Crippen molar-refractivity contribution in [2.45, 2.75) is 19.6 Å². The number of fused-ring (bicyclic) bond motifs is 1. The molecule has 0 radical (unpaired) electrons. The maximum atomic E-state index is 13.8. The van der Waals surface area contributed by atoms with Crippen LogP contribution in [0, 0.1) is 10.9 Å². The highest BCUT2D eigenvalue weighted by atomic mass is 32.1. The fourth-order valence-electron chi connectivity index (χ4n) is 1.61. The van der Waals surface area contributed by atoms with Crippen LogP contribution in [0.3, 0.4) is 0 Å². The van der Waals surface area contributed by atoms with Gasteiger partial charge in [-0.3, -0.25) is 4.79 Å². The van der Waals surface area contributed by atoms with Crippen molar-refractivity contribution in [2.24, 2.45) is 0 Å². The zero-order chi connectivity index (χ0) is 12.1. The summed E-state index contributed by atoms with van der Waals surface area (Å²) >= 11 is 1.87. The predicted molar refractivity (Wildman–Crippen MR) is 68.0 cm³/mol. The Morgan fingerprint density at radius 2 is 1.75 bits per heavy atom. The molecule has 0 fully saturated rings. The fourth-order valence-corrected chi connectivity index (χ4v) is 7.23. The molecule has 0 aliphatic carbocycles. The second-order valence-electron chi connectivity index (χ2n) is 4.56. The van der Waals surface area contributed by atoms with Crippen molar-refractivity contribution in [3.8, 4) is 0 Å². The standard InChI is InChI=1S/C10H10F2OS2Si/c1-16(2,3)9-8-7(15-10(9)12)6(11)5(4-13)14-8/h4H,1-3H3.